The number of rotatable bonds is 3. The van der Waals surface area contributed by atoms with E-state index in [1.54, 1.807) is 17.1 Å². The summed E-state index contributed by atoms with van der Waals surface area (Å²) >= 11 is 4.73. The molecule has 0 atom stereocenters. The van der Waals surface area contributed by atoms with Gasteiger partial charge in [-0.25, -0.2) is 15.8 Å². The number of hydrogen-bond donors (Lipinski definition) is 2. The molecule has 84 valence electrons. The smallest absolute Gasteiger partial charge is 0.238 e. The Morgan fingerprint density at radius 2 is 2.38 bits per heavy atom. The summed E-state index contributed by atoms with van der Waals surface area (Å²) < 4.78 is 2.58. The van der Waals surface area contributed by atoms with Crippen molar-refractivity contribution >= 4 is 33.6 Å². The lowest BCUT2D eigenvalue weighted by molar-refractivity contribution is 0.786. The second-order valence-electron chi connectivity index (χ2n) is 2.82. The average Bonchev–Trinajstić information content (AvgIpc) is 2.68. The molecule has 0 aromatic carbocycles. The first-order valence-electron chi connectivity index (χ1n) is 4.21. The molecule has 16 heavy (non-hydrogen) atoms. The summed E-state index contributed by atoms with van der Waals surface area (Å²) in [7, 11) is 1.86. The van der Waals surface area contributed by atoms with E-state index in [4.69, 9.17) is 5.84 Å². The first-order valence-corrected chi connectivity index (χ1v) is 5.82. The van der Waals surface area contributed by atoms with Gasteiger partial charge >= 0.3 is 0 Å². The number of hydrogen-bond acceptors (Lipinski definition) is 7. The van der Waals surface area contributed by atoms with Gasteiger partial charge in [-0.2, -0.15) is 0 Å². The molecule has 0 aliphatic carbocycles. The molecule has 0 amide bonds. The number of aryl methyl sites for hydroxylation is 1. The number of anilines is 1. The molecule has 0 fully saturated rings. The Bertz CT molecular complexity index is 499. The van der Waals surface area contributed by atoms with Crippen molar-refractivity contribution in [3.05, 3.63) is 17.0 Å². The molecule has 7 nitrogen and oxygen atoms in total. The molecule has 2 aromatic heterocycles. The van der Waals surface area contributed by atoms with Gasteiger partial charge in [-0.15, -0.1) is 10.2 Å². The van der Waals surface area contributed by atoms with Crippen LogP contribution >= 0.6 is 27.7 Å². The third-order valence-electron chi connectivity index (χ3n) is 1.70. The fourth-order valence-electron chi connectivity index (χ4n) is 0.944. The van der Waals surface area contributed by atoms with E-state index in [9.17, 15) is 0 Å². The molecular weight excluding hydrogens is 294 g/mol. The van der Waals surface area contributed by atoms with Crippen LogP contribution in [-0.4, -0.2) is 24.7 Å². The molecule has 0 aliphatic rings. The van der Waals surface area contributed by atoms with Gasteiger partial charge in [-0.3, -0.25) is 5.43 Å². The Labute approximate surface area is 104 Å². The van der Waals surface area contributed by atoms with Crippen molar-refractivity contribution in [2.75, 3.05) is 5.43 Å². The topological polar surface area (TPSA) is 94.5 Å². The summed E-state index contributed by atoms with van der Waals surface area (Å²) in [6.45, 7) is 0. The summed E-state index contributed by atoms with van der Waals surface area (Å²) in [5.74, 6) is 5.59. The van der Waals surface area contributed by atoms with Crippen LogP contribution in [0.2, 0.25) is 0 Å². The van der Waals surface area contributed by atoms with Crippen LogP contribution in [-0.2, 0) is 7.05 Å². The van der Waals surface area contributed by atoms with Crippen LogP contribution in [0.25, 0.3) is 0 Å². The zero-order chi connectivity index (χ0) is 11.5. The maximum atomic E-state index is 5.24. The molecule has 2 aromatic rings. The van der Waals surface area contributed by atoms with Gasteiger partial charge in [0.1, 0.15) is 11.4 Å². The maximum Gasteiger partial charge on any atom is 0.238 e. The minimum atomic E-state index is 0.355. The summed E-state index contributed by atoms with van der Waals surface area (Å²) in [4.78, 5) is 8.15. The molecule has 0 radical (unpaired) electrons. The monoisotopic (exact) mass is 301 g/mol. The van der Waals surface area contributed by atoms with Crippen LogP contribution < -0.4 is 11.3 Å². The second-order valence-corrected chi connectivity index (χ2v) is 4.63. The summed E-state index contributed by atoms with van der Waals surface area (Å²) in [5, 5.41) is 9.19. The van der Waals surface area contributed by atoms with Crippen molar-refractivity contribution in [1.29, 1.82) is 0 Å². The summed E-state index contributed by atoms with van der Waals surface area (Å²) in [6.07, 6.45) is 3.25. The van der Waals surface area contributed by atoms with Crippen molar-refractivity contribution in [3.8, 4) is 0 Å². The van der Waals surface area contributed by atoms with Crippen molar-refractivity contribution < 1.29 is 0 Å². The average molecular weight is 302 g/mol. The summed E-state index contributed by atoms with van der Waals surface area (Å²) in [5.41, 5.74) is 2.39. The van der Waals surface area contributed by atoms with Crippen molar-refractivity contribution in [3.63, 3.8) is 0 Å². The van der Waals surface area contributed by atoms with E-state index < -0.39 is 0 Å². The molecular formula is C7H8BrN7S. The van der Waals surface area contributed by atoms with E-state index in [-0.39, 0.29) is 0 Å². The third kappa shape index (κ3) is 2.31. The van der Waals surface area contributed by atoms with Crippen LogP contribution in [0.3, 0.4) is 0 Å². The Balaban J connectivity index is 2.30. The maximum absolute atomic E-state index is 5.24. The zero-order valence-electron chi connectivity index (χ0n) is 8.25. The number of aromatic nitrogens is 5. The zero-order valence-corrected chi connectivity index (χ0v) is 10.7. The number of nitrogens with zero attached hydrogens (tertiary/aromatic N) is 5. The van der Waals surface area contributed by atoms with Gasteiger partial charge in [-0.1, -0.05) is 0 Å². The standard InChI is InChI=1S/C7H8BrN7S/c1-15-3-11-14-7(15)16-5-4(8)2-10-6(12-5)13-9/h2-3H,9H2,1H3,(H,10,12,13). The fraction of sp³-hybridized carbons (Fsp3) is 0.143. The van der Waals surface area contributed by atoms with Crippen molar-refractivity contribution in [2.24, 2.45) is 12.9 Å². The highest BCUT2D eigenvalue weighted by molar-refractivity contribution is 9.10. The van der Waals surface area contributed by atoms with E-state index in [1.165, 1.54) is 11.8 Å². The van der Waals surface area contributed by atoms with E-state index in [1.807, 2.05) is 7.05 Å². The molecule has 0 saturated carbocycles. The number of halogens is 1. The Morgan fingerprint density at radius 3 is 3.00 bits per heavy atom. The van der Waals surface area contributed by atoms with Gasteiger partial charge in [-0.05, 0) is 27.7 Å². The Hall–Kier alpha value is -1.19. The quantitative estimate of drug-likeness (QED) is 0.492. The van der Waals surface area contributed by atoms with Gasteiger partial charge in [0.25, 0.3) is 0 Å². The van der Waals surface area contributed by atoms with E-state index in [0.29, 0.717) is 5.95 Å². The largest absolute Gasteiger partial charge is 0.311 e. The predicted molar refractivity (Wildman–Crippen MR) is 62.7 cm³/mol. The Morgan fingerprint density at radius 1 is 1.56 bits per heavy atom. The molecule has 0 bridgehead atoms. The Kier molecular flexibility index (Phi) is 3.36. The SMILES string of the molecule is Cn1cnnc1Sc1nc(NN)ncc1Br. The van der Waals surface area contributed by atoms with Gasteiger partial charge in [0, 0.05) is 13.2 Å². The highest BCUT2D eigenvalue weighted by Crippen LogP contribution is 2.30. The highest BCUT2D eigenvalue weighted by atomic mass is 79.9. The molecule has 9 heteroatoms. The van der Waals surface area contributed by atoms with Crippen molar-refractivity contribution in [1.82, 2.24) is 24.7 Å². The molecule has 0 saturated heterocycles. The lowest BCUT2D eigenvalue weighted by Gasteiger charge is -2.04. The normalized spacial score (nSPS) is 10.4. The minimum absolute atomic E-state index is 0.355. The van der Waals surface area contributed by atoms with Gasteiger partial charge in [0.2, 0.25) is 5.95 Å². The van der Waals surface area contributed by atoms with Crippen LogP contribution in [0.5, 0.6) is 0 Å². The lowest BCUT2D eigenvalue weighted by atomic mass is 10.7. The van der Waals surface area contributed by atoms with Crippen LogP contribution in [0.15, 0.2) is 27.2 Å². The van der Waals surface area contributed by atoms with E-state index in [0.717, 1.165) is 14.7 Å². The predicted octanol–water partition coefficient (Wildman–Crippen LogP) is 0.804. The molecule has 2 rings (SSSR count). The molecule has 0 spiro atoms. The number of nitrogens with one attached hydrogen (secondary N) is 1. The van der Waals surface area contributed by atoms with Gasteiger partial charge < -0.3 is 4.57 Å². The lowest BCUT2D eigenvalue weighted by Crippen LogP contribution is -2.10. The minimum Gasteiger partial charge on any atom is -0.311 e. The first kappa shape index (κ1) is 11.3. The van der Waals surface area contributed by atoms with Crippen LogP contribution in [0.1, 0.15) is 0 Å². The highest BCUT2D eigenvalue weighted by Gasteiger charge is 2.10. The first-order chi connectivity index (χ1) is 7.70. The van der Waals surface area contributed by atoms with Crippen LogP contribution in [0.4, 0.5) is 5.95 Å². The molecule has 2 heterocycles. The third-order valence-corrected chi connectivity index (χ3v) is 3.60. The number of hydrazine groups is 1. The van der Waals surface area contributed by atoms with E-state index in [2.05, 4.69) is 41.5 Å². The second kappa shape index (κ2) is 4.76. The number of nitrogens with two attached hydrogens (primary N) is 1. The molecule has 0 aliphatic heterocycles. The van der Waals surface area contributed by atoms with Gasteiger partial charge in [0.15, 0.2) is 5.16 Å². The van der Waals surface area contributed by atoms with E-state index >= 15 is 0 Å². The molecule has 0 unspecified atom stereocenters. The van der Waals surface area contributed by atoms with Gasteiger partial charge in [0.05, 0.1) is 4.47 Å². The van der Waals surface area contributed by atoms with Crippen molar-refractivity contribution in [2.45, 2.75) is 10.2 Å². The molecule has 3 N–H and O–H groups in total. The fourth-order valence-corrected chi connectivity index (χ4v) is 2.11. The van der Waals surface area contributed by atoms with Crippen LogP contribution in [0, 0.1) is 0 Å². The number of nitrogen functional groups attached to an aromatic ring is 1. The summed E-state index contributed by atoms with van der Waals surface area (Å²) in [6, 6.07) is 0.